The summed E-state index contributed by atoms with van der Waals surface area (Å²) < 4.78 is 4.77. The molecule has 1 aromatic heterocycles. The molecule has 0 saturated heterocycles. The Labute approximate surface area is 112 Å². The molecule has 0 aromatic carbocycles. The number of methoxy groups -OCH3 is 1. The Bertz CT molecular complexity index is 380. The first-order valence-electron chi connectivity index (χ1n) is 6.31. The first kappa shape index (κ1) is 13.5. The number of nitrogens with two attached hydrogens (primary N) is 1. The van der Waals surface area contributed by atoms with Crippen molar-refractivity contribution < 1.29 is 9.53 Å². The summed E-state index contributed by atoms with van der Waals surface area (Å²) in [5.74, 6) is -0.178. The molecule has 1 heterocycles. The fourth-order valence-corrected chi connectivity index (χ4v) is 3.22. The van der Waals surface area contributed by atoms with Crippen LogP contribution in [0.1, 0.15) is 36.6 Å². The lowest BCUT2D eigenvalue weighted by atomic mass is 10.1. The first-order valence-corrected chi connectivity index (χ1v) is 7.19. The number of carbonyl (C=O) groups excluding carboxylic acids is 1. The molecule has 1 saturated carbocycles. The van der Waals surface area contributed by atoms with Crippen molar-refractivity contribution in [3.8, 4) is 0 Å². The van der Waals surface area contributed by atoms with Crippen molar-refractivity contribution in [3.63, 3.8) is 0 Å². The van der Waals surface area contributed by atoms with Crippen LogP contribution in [-0.4, -0.2) is 25.2 Å². The average Bonchev–Trinajstić information content (AvgIpc) is 2.99. The molecule has 3 unspecified atom stereocenters. The van der Waals surface area contributed by atoms with E-state index < -0.39 is 0 Å². The molecular formula is C13H20N2O2S. The van der Waals surface area contributed by atoms with E-state index in [4.69, 9.17) is 10.5 Å². The van der Waals surface area contributed by atoms with Crippen molar-refractivity contribution in [2.24, 2.45) is 5.73 Å². The predicted octanol–water partition coefficient (Wildman–Crippen LogP) is 1.82. The lowest BCUT2D eigenvalue weighted by Crippen LogP contribution is -2.33. The number of esters is 1. The highest BCUT2D eigenvalue weighted by Crippen LogP contribution is 2.26. The fourth-order valence-electron chi connectivity index (χ4n) is 2.43. The quantitative estimate of drug-likeness (QED) is 0.800. The van der Waals surface area contributed by atoms with Crippen LogP contribution in [0.3, 0.4) is 0 Å². The van der Waals surface area contributed by atoms with Gasteiger partial charge in [0, 0.05) is 17.0 Å². The molecule has 3 atom stereocenters. The van der Waals surface area contributed by atoms with E-state index in [0.717, 1.165) is 19.3 Å². The summed E-state index contributed by atoms with van der Waals surface area (Å²) in [7, 11) is 1.43. The number of rotatable bonds is 5. The van der Waals surface area contributed by atoms with Crippen LogP contribution in [0.15, 0.2) is 17.5 Å². The third kappa shape index (κ3) is 3.54. The first-order chi connectivity index (χ1) is 8.69. The molecule has 0 radical (unpaired) electrons. The highest BCUT2D eigenvalue weighted by Gasteiger charge is 2.26. The molecule has 100 valence electrons. The standard InChI is InChI=1S/C13H20N2O2S/c1-17-13(16)8-11(12-3-2-6-18-12)15-10-5-4-9(14)7-10/h2-3,6,9-11,15H,4-5,7-8,14H2,1H3. The van der Waals surface area contributed by atoms with Gasteiger partial charge in [-0.3, -0.25) is 4.79 Å². The Morgan fingerprint density at radius 2 is 2.50 bits per heavy atom. The van der Waals surface area contributed by atoms with Gasteiger partial charge in [0.25, 0.3) is 0 Å². The smallest absolute Gasteiger partial charge is 0.307 e. The van der Waals surface area contributed by atoms with Crippen LogP contribution in [0.4, 0.5) is 0 Å². The van der Waals surface area contributed by atoms with Crippen molar-refractivity contribution in [1.82, 2.24) is 5.32 Å². The average molecular weight is 268 g/mol. The Hall–Kier alpha value is -0.910. The van der Waals surface area contributed by atoms with E-state index in [1.54, 1.807) is 11.3 Å². The zero-order valence-corrected chi connectivity index (χ0v) is 11.4. The normalized spacial score (nSPS) is 25.0. The van der Waals surface area contributed by atoms with Gasteiger partial charge in [0.15, 0.2) is 0 Å². The maximum atomic E-state index is 11.5. The summed E-state index contributed by atoms with van der Waals surface area (Å²) in [4.78, 5) is 12.7. The van der Waals surface area contributed by atoms with Crippen LogP contribution >= 0.6 is 11.3 Å². The van der Waals surface area contributed by atoms with Crippen molar-refractivity contribution >= 4 is 17.3 Å². The Balaban J connectivity index is 1.98. The molecule has 3 N–H and O–H groups in total. The molecule has 5 heteroatoms. The van der Waals surface area contributed by atoms with Gasteiger partial charge in [0.2, 0.25) is 0 Å². The minimum atomic E-state index is -0.178. The van der Waals surface area contributed by atoms with Gasteiger partial charge in [-0.15, -0.1) is 11.3 Å². The monoisotopic (exact) mass is 268 g/mol. The van der Waals surface area contributed by atoms with Gasteiger partial charge in [-0.1, -0.05) is 6.07 Å². The van der Waals surface area contributed by atoms with Crippen molar-refractivity contribution in [3.05, 3.63) is 22.4 Å². The number of nitrogens with one attached hydrogen (secondary N) is 1. The fraction of sp³-hybridized carbons (Fsp3) is 0.615. The van der Waals surface area contributed by atoms with Crippen LogP contribution < -0.4 is 11.1 Å². The van der Waals surface area contributed by atoms with Crippen LogP contribution in [-0.2, 0) is 9.53 Å². The minimum absolute atomic E-state index is 0.0488. The Morgan fingerprint density at radius 3 is 3.06 bits per heavy atom. The van der Waals surface area contributed by atoms with Crippen LogP contribution in [0.5, 0.6) is 0 Å². The van der Waals surface area contributed by atoms with Gasteiger partial charge in [0.05, 0.1) is 19.6 Å². The highest BCUT2D eigenvalue weighted by atomic mass is 32.1. The largest absolute Gasteiger partial charge is 0.469 e. The van der Waals surface area contributed by atoms with E-state index in [2.05, 4.69) is 11.4 Å². The summed E-state index contributed by atoms with van der Waals surface area (Å²) in [5.41, 5.74) is 5.92. The number of carbonyl (C=O) groups is 1. The van der Waals surface area contributed by atoms with E-state index >= 15 is 0 Å². The van der Waals surface area contributed by atoms with Gasteiger partial charge in [0.1, 0.15) is 0 Å². The zero-order valence-electron chi connectivity index (χ0n) is 10.6. The van der Waals surface area contributed by atoms with Crippen LogP contribution in [0.25, 0.3) is 0 Å². The molecule has 0 aliphatic heterocycles. The van der Waals surface area contributed by atoms with E-state index in [1.807, 2.05) is 11.4 Å². The maximum absolute atomic E-state index is 11.5. The van der Waals surface area contributed by atoms with Crippen molar-refractivity contribution in [1.29, 1.82) is 0 Å². The lowest BCUT2D eigenvalue weighted by Gasteiger charge is -2.21. The van der Waals surface area contributed by atoms with Gasteiger partial charge >= 0.3 is 5.97 Å². The summed E-state index contributed by atoms with van der Waals surface area (Å²) in [5, 5.41) is 5.57. The molecule has 0 amide bonds. The molecule has 4 nitrogen and oxygen atoms in total. The Morgan fingerprint density at radius 1 is 1.67 bits per heavy atom. The molecule has 18 heavy (non-hydrogen) atoms. The van der Waals surface area contributed by atoms with Gasteiger partial charge in [-0.25, -0.2) is 0 Å². The minimum Gasteiger partial charge on any atom is -0.469 e. The van der Waals surface area contributed by atoms with Crippen molar-refractivity contribution in [2.45, 2.75) is 43.8 Å². The molecule has 2 rings (SSSR count). The SMILES string of the molecule is COC(=O)CC(NC1CCC(N)C1)c1cccs1. The Kier molecular flexibility index (Phi) is 4.74. The summed E-state index contributed by atoms with van der Waals surface area (Å²) in [6.07, 6.45) is 3.52. The van der Waals surface area contributed by atoms with E-state index in [-0.39, 0.29) is 12.0 Å². The second kappa shape index (κ2) is 6.31. The third-order valence-electron chi connectivity index (χ3n) is 3.40. The number of hydrogen-bond donors (Lipinski definition) is 2. The van der Waals surface area contributed by atoms with Gasteiger partial charge in [-0.05, 0) is 30.7 Å². The summed E-state index contributed by atoms with van der Waals surface area (Å²) in [6.45, 7) is 0. The molecule has 0 spiro atoms. The molecule has 1 aliphatic carbocycles. The van der Waals surface area contributed by atoms with E-state index in [0.29, 0.717) is 18.5 Å². The second-order valence-electron chi connectivity index (χ2n) is 4.78. The number of ether oxygens (including phenoxy) is 1. The second-order valence-corrected chi connectivity index (χ2v) is 5.76. The van der Waals surface area contributed by atoms with Crippen LogP contribution in [0, 0.1) is 0 Å². The number of thiophene rings is 1. The topological polar surface area (TPSA) is 64.3 Å². The molecular weight excluding hydrogens is 248 g/mol. The van der Waals surface area contributed by atoms with E-state index in [1.165, 1.54) is 12.0 Å². The maximum Gasteiger partial charge on any atom is 0.307 e. The lowest BCUT2D eigenvalue weighted by molar-refractivity contribution is -0.141. The summed E-state index contributed by atoms with van der Waals surface area (Å²) in [6, 6.07) is 4.82. The summed E-state index contributed by atoms with van der Waals surface area (Å²) >= 11 is 1.67. The van der Waals surface area contributed by atoms with Crippen molar-refractivity contribution in [2.75, 3.05) is 7.11 Å². The zero-order chi connectivity index (χ0) is 13.0. The van der Waals surface area contributed by atoms with Gasteiger partial charge in [-0.2, -0.15) is 0 Å². The van der Waals surface area contributed by atoms with E-state index in [9.17, 15) is 4.79 Å². The highest BCUT2D eigenvalue weighted by molar-refractivity contribution is 7.10. The molecule has 0 bridgehead atoms. The van der Waals surface area contributed by atoms with Gasteiger partial charge < -0.3 is 15.8 Å². The number of hydrogen-bond acceptors (Lipinski definition) is 5. The molecule has 1 aromatic rings. The predicted molar refractivity (Wildman–Crippen MR) is 72.4 cm³/mol. The molecule has 1 aliphatic rings. The third-order valence-corrected chi connectivity index (χ3v) is 4.38. The van der Waals surface area contributed by atoms with Crippen LogP contribution in [0.2, 0.25) is 0 Å². The molecule has 1 fully saturated rings.